The van der Waals surface area contributed by atoms with Crippen LogP contribution in [-0.4, -0.2) is 23.1 Å². The van der Waals surface area contributed by atoms with Crippen LogP contribution in [0.3, 0.4) is 0 Å². The fraction of sp³-hybridized carbons (Fsp3) is 0.385. The van der Waals surface area contributed by atoms with Crippen molar-refractivity contribution in [3.05, 3.63) is 29.6 Å². The highest BCUT2D eigenvalue weighted by Gasteiger charge is 2.37. The Hall–Kier alpha value is -1.53. The number of nitrogens with one attached hydrogen (secondary N) is 1. The standard InChI is InChI=1S/C13H15FN2O2S/c1-13(5-2-6-18-13)12(17)16-10-4-3-8(11(15)19)7-9(10)14/h3-4,7H,2,5-6H2,1H3,(H2,15,19)(H,16,17). The van der Waals surface area contributed by atoms with Crippen LogP contribution in [0.4, 0.5) is 10.1 Å². The Labute approximate surface area is 116 Å². The van der Waals surface area contributed by atoms with Crippen molar-refractivity contribution in [2.24, 2.45) is 5.73 Å². The van der Waals surface area contributed by atoms with Gasteiger partial charge in [-0.15, -0.1) is 0 Å². The Bertz CT molecular complexity index is 527. The van der Waals surface area contributed by atoms with E-state index in [1.807, 2.05) is 0 Å². The molecule has 1 amide bonds. The molecular formula is C13H15FN2O2S. The summed E-state index contributed by atoms with van der Waals surface area (Å²) < 4.78 is 19.2. The summed E-state index contributed by atoms with van der Waals surface area (Å²) in [5.74, 6) is -0.910. The first kappa shape index (κ1) is 13.9. The van der Waals surface area contributed by atoms with Crippen LogP contribution in [0.25, 0.3) is 0 Å². The number of carbonyl (C=O) groups is 1. The molecule has 1 aromatic carbocycles. The van der Waals surface area contributed by atoms with Crippen molar-refractivity contribution >= 4 is 28.8 Å². The minimum Gasteiger partial charge on any atom is -0.389 e. The van der Waals surface area contributed by atoms with Gasteiger partial charge >= 0.3 is 0 Å². The molecule has 0 aromatic heterocycles. The molecular weight excluding hydrogens is 267 g/mol. The Morgan fingerprint density at radius 2 is 2.32 bits per heavy atom. The van der Waals surface area contributed by atoms with E-state index in [9.17, 15) is 9.18 Å². The molecule has 3 N–H and O–H groups in total. The number of hydrogen-bond donors (Lipinski definition) is 2. The number of amides is 1. The summed E-state index contributed by atoms with van der Waals surface area (Å²) in [6, 6.07) is 4.22. The van der Waals surface area contributed by atoms with Crippen LogP contribution in [0.2, 0.25) is 0 Å². The van der Waals surface area contributed by atoms with Gasteiger partial charge in [0.15, 0.2) is 0 Å². The lowest BCUT2D eigenvalue weighted by Gasteiger charge is -2.22. The maximum atomic E-state index is 13.8. The molecule has 6 heteroatoms. The molecule has 4 nitrogen and oxygen atoms in total. The molecule has 102 valence electrons. The largest absolute Gasteiger partial charge is 0.389 e. The summed E-state index contributed by atoms with van der Waals surface area (Å²) in [7, 11) is 0. The maximum Gasteiger partial charge on any atom is 0.256 e. The number of ether oxygens (including phenoxy) is 1. The Balaban J connectivity index is 2.15. The number of thiocarbonyl (C=S) groups is 1. The van der Waals surface area contributed by atoms with E-state index in [-0.39, 0.29) is 16.6 Å². The van der Waals surface area contributed by atoms with Crippen molar-refractivity contribution in [3.63, 3.8) is 0 Å². The minimum atomic E-state index is -0.881. The first-order valence-electron chi connectivity index (χ1n) is 5.97. The van der Waals surface area contributed by atoms with Gasteiger partial charge in [0.25, 0.3) is 5.91 Å². The molecule has 0 bridgehead atoms. The van der Waals surface area contributed by atoms with Gasteiger partial charge in [-0.2, -0.15) is 0 Å². The van der Waals surface area contributed by atoms with Crippen LogP contribution >= 0.6 is 12.2 Å². The van der Waals surface area contributed by atoms with Gasteiger partial charge in [0.05, 0.1) is 5.69 Å². The molecule has 1 fully saturated rings. The van der Waals surface area contributed by atoms with E-state index in [4.69, 9.17) is 22.7 Å². The zero-order valence-corrected chi connectivity index (χ0v) is 11.3. The van der Waals surface area contributed by atoms with Crippen molar-refractivity contribution in [1.82, 2.24) is 0 Å². The first-order chi connectivity index (χ1) is 8.92. The van der Waals surface area contributed by atoms with Crippen LogP contribution in [0, 0.1) is 5.82 Å². The topological polar surface area (TPSA) is 64.4 Å². The molecule has 0 radical (unpaired) electrons. The molecule has 1 aliphatic heterocycles. The lowest BCUT2D eigenvalue weighted by molar-refractivity contribution is -0.133. The van der Waals surface area contributed by atoms with Crippen molar-refractivity contribution in [2.75, 3.05) is 11.9 Å². The van der Waals surface area contributed by atoms with Crippen molar-refractivity contribution in [1.29, 1.82) is 0 Å². The number of rotatable bonds is 3. The minimum absolute atomic E-state index is 0.0988. The SMILES string of the molecule is CC1(C(=O)Nc2ccc(C(N)=S)cc2F)CCCO1. The summed E-state index contributed by atoms with van der Waals surface area (Å²) in [6.07, 6.45) is 1.46. The van der Waals surface area contributed by atoms with E-state index in [1.165, 1.54) is 12.1 Å². The molecule has 0 saturated carbocycles. The summed E-state index contributed by atoms with van der Waals surface area (Å²) in [5, 5.41) is 2.54. The lowest BCUT2D eigenvalue weighted by Crippen LogP contribution is -2.39. The van der Waals surface area contributed by atoms with Gasteiger partial charge in [0, 0.05) is 12.2 Å². The van der Waals surface area contributed by atoms with Gasteiger partial charge < -0.3 is 15.8 Å². The molecule has 0 aliphatic carbocycles. The normalized spacial score (nSPS) is 22.2. The zero-order valence-electron chi connectivity index (χ0n) is 10.5. The third-order valence-electron chi connectivity index (χ3n) is 3.20. The molecule has 1 aromatic rings. The third-order valence-corrected chi connectivity index (χ3v) is 3.44. The maximum absolute atomic E-state index is 13.8. The average molecular weight is 282 g/mol. The molecule has 1 aliphatic rings. The van der Waals surface area contributed by atoms with Crippen LogP contribution in [0.1, 0.15) is 25.3 Å². The summed E-state index contributed by atoms with van der Waals surface area (Å²) in [4.78, 5) is 12.2. The molecule has 1 unspecified atom stereocenters. The summed E-state index contributed by atoms with van der Waals surface area (Å²) >= 11 is 4.76. The van der Waals surface area contributed by atoms with E-state index < -0.39 is 11.4 Å². The van der Waals surface area contributed by atoms with Crippen molar-refractivity contribution in [3.8, 4) is 0 Å². The second-order valence-corrected chi connectivity index (χ2v) is 5.14. The van der Waals surface area contributed by atoms with Gasteiger partial charge in [0.1, 0.15) is 16.4 Å². The Morgan fingerprint density at radius 3 is 2.84 bits per heavy atom. The second-order valence-electron chi connectivity index (χ2n) is 4.70. The lowest BCUT2D eigenvalue weighted by atomic mass is 10.0. The van der Waals surface area contributed by atoms with E-state index in [0.29, 0.717) is 18.6 Å². The summed E-state index contributed by atoms with van der Waals surface area (Å²) in [5.41, 5.74) is 5.05. The molecule has 1 heterocycles. The molecule has 1 atom stereocenters. The van der Waals surface area contributed by atoms with Gasteiger partial charge in [-0.25, -0.2) is 4.39 Å². The molecule has 2 rings (SSSR count). The number of hydrogen-bond acceptors (Lipinski definition) is 3. The third kappa shape index (κ3) is 2.90. The predicted octanol–water partition coefficient (Wildman–Crippen LogP) is 1.97. The first-order valence-corrected chi connectivity index (χ1v) is 6.38. The smallest absolute Gasteiger partial charge is 0.256 e. The highest BCUT2D eigenvalue weighted by Crippen LogP contribution is 2.27. The Morgan fingerprint density at radius 1 is 1.58 bits per heavy atom. The van der Waals surface area contributed by atoms with Crippen LogP contribution < -0.4 is 11.1 Å². The highest BCUT2D eigenvalue weighted by molar-refractivity contribution is 7.80. The number of anilines is 1. The monoisotopic (exact) mass is 282 g/mol. The fourth-order valence-corrected chi connectivity index (χ4v) is 2.11. The van der Waals surface area contributed by atoms with Gasteiger partial charge in [0.2, 0.25) is 0 Å². The van der Waals surface area contributed by atoms with Crippen LogP contribution in [0.15, 0.2) is 18.2 Å². The number of carbonyl (C=O) groups excluding carboxylic acids is 1. The van der Waals surface area contributed by atoms with Crippen LogP contribution in [0.5, 0.6) is 0 Å². The van der Waals surface area contributed by atoms with E-state index in [1.54, 1.807) is 13.0 Å². The van der Waals surface area contributed by atoms with E-state index in [2.05, 4.69) is 5.32 Å². The Kier molecular flexibility index (Phi) is 3.82. The quantitative estimate of drug-likeness (QED) is 0.832. The number of nitrogens with two attached hydrogens (primary N) is 1. The van der Waals surface area contributed by atoms with E-state index in [0.717, 1.165) is 6.42 Å². The fourth-order valence-electron chi connectivity index (χ4n) is 1.98. The predicted molar refractivity (Wildman–Crippen MR) is 74.5 cm³/mol. The second kappa shape index (κ2) is 5.22. The van der Waals surface area contributed by atoms with Crippen molar-refractivity contribution < 1.29 is 13.9 Å². The van der Waals surface area contributed by atoms with Gasteiger partial charge in [-0.05, 0) is 38.0 Å². The molecule has 1 saturated heterocycles. The summed E-state index contributed by atoms with van der Waals surface area (Å²) in [6.45, 7) is 2.25. The van der Waals surface area contributed by atoms with Crippen molar-refractivity contribution in [2.45, 2.75) is 25.4 Å². The van der Waals surface area contributed by atoms with Gasteiger partial charge in [-0.3, -0.25) is 4.79 Å². The number of halogens is 1. The molecule has 0 spiro atoms. The van der Waals surface area contributed by atoms with Gasteiger partial charge in [-0.1, -0.05) is 12.2 Å². The zero-order chi connectivity index (χ0) is 14.0. The molecule has 19 heavy (non-hydrogen) atoms. The number of benzene rings is 1. The average Bonchev–Trinajstić information content (AvgIpc) is 2.80. The van der Waals surface area contributed by atoms with E-state index >= 15 is 0 Å². The van der Waals surface area contributed by atoms with Crippen LogP contribution in [-0.2, 0) is 9.53 Å². The highest BCUT2D eigenvalue weighted by atomic mass is 32.1.